The Morgan fingerprint density at radius 2 is 1.96 bits per heavy atom. The number of aromatic nitrogens is 4. The van der Waals surface area contributed by atoms with Crippen molar-refractivity contribution in [2.45, 2.75) is 25.4 Å². The van der Waals surface area contributed by atoms with Gasteiger partial charge in [-0.05, 0) is 30.4 Å². The van der Waals surface area contributed by atoms with Crippen molar-refractivity contribution < 1.29 is 4.79 Å². The van der Waals surface area contributed by atoms with E-state index in [9.17, 15) is 4.79 Å². The first kappa shape index (κ1) is 16.4. The Labute approximate surface area is 157 Å². The third kappa shape index (κ3) is 3.19. The van der Waals surface area contributed by atoms with Crippen LogP contribution >= 0.6 is 0 Å². The number of piperidine rings is 1. The summed E-state index contributed by atoms with van der Waals surface area (Å²) in [6.45, 7) is 3.51. The second kappa shape index (κ2) is 6.74. The molecule has 7 heteroatoms. The molecule has 1 amide bonds. The van der Waals surface area contributed by atoms with Crippen molar-refractivity contribution in [3.63, 3.8) is 0 Å². The molecule has 0 saturated carbocycles. The minimum atomic E-state index is -0.0843. The maximum atomic E-state index is 13.0. The lowest BCUT2D eigenvalue weighted by Gasteiger charge is -2.36. The first-order valence-corrected chi connectivity index (χ1v) is 9.51. The summed E-state index contributed by atoms with van der Waals surface area (Å²) in [5.41, 5.74) is 1.33. The second-order valence-corrected chi connectivity index (χ2v) is 7.52. The summed E-state index contributed by atoms with van der Waals surface area (Å²) >= 11 is 0. The lowest BCUT2D eigenvalue weighted by Crippen LogP contribution is -2.44. The minimum Gasteiger partial charge on any atom is -0.334 e. The summed E-state index contributed by atoms with van der Waals surface area (Å²) in [5, 5.41) is 4.31. The average molecular weight is 362 g/mol. The zero-order chi connectivity index (χ0) is 18.2. The van der Waals surface area contributed by atoms with Crippen molar-refractivity contribution in [2.24, 2.45) is 5.92 Å². The zero-order valence-electron chi connectivity index (χ0n) is 15.1. The monoisotopic (exact) mass is 362 g/mol. The third-order valence-electron chi connectivity index (χ3n) is 5.65. The Morgan fingerprint density at radius 1 is 1.07 bits per heavy atom. The molecule has 1 aromatic carbocycles. The lowest BCUT2D eigenvalue weighted by molar-refractivity contribution is 0.0724. The van der Waals surface area contributed by atoms with Crippen molar-refractivity contribution in [3.05, 3.63) is 60.2 Å². The maximum Gasteiger partial charge on any atom is 0.293 e. The first-order valence-electron chi connectivity index (χ1n) is 9.51. The predicted octanol–water partition coefficient (Wildman–Crippen LogP) is 1.86. The van der Waals surface area contributed by atoms with Crippen LogP contribution in [0.1, 0.15) is 29.0 Å². The molecule has 3 aliphatic heterocycles. The van der Waals surface area contributed by atoms with Gasteiger partial charge in [0, 0.05) is 44.6 Å². The Balaban J connectivity index is 1.35. The fraction of sp³-hybridized carbons (Fsp3) is 0.400. The fourth-order valence-electron chi connectivity index (χ4n) is 4.32. The summed E-state index contributed by atoms with van der Waals surface area (Å²) in [6.07, 6.45) is 5.74. The number of hydrogen-bond acceptors (Lipinski definition) is 5. The van der Waals surface area contributed by atoms with E-state index in [2.05, 4.69) is 50.3 Å². The summed E-state index contributed by atoms with van der Waals surface area (Å²) in [5.74, 6) is 1.12. The van der Waals surface area contributed by atoms with Gasteiger partial charge in [0.05, 0.1) is 0 Å². The molecule has 0 spiro atoms. The summed E-state index contributed by atoms with van der Waals surface area (Å²) in [7, 11) is 0. The minimum absolute atomic E-state index is 0.0843. The first-order chi connectivity index (χ1) is 13.3. The molecule has 5 heterocycles. The number of rotatable bonds is 3. The van der Waals surface area contributed by atoms with Crippen molar-refractivity contribution in [2.75, 3.05) is 19.6 Å². The molecular formula is C20H22N6O. The molecule has 3 fully saturated rings. The number of benzene rings is 1. The normalized spacial score (nSPS) is 22.9. The smallest absolute Gasteiger partial charge is 0.293 e. The number of amides is 1. The molecule has 2 bridgehead atoms. The van der Waals surface area contributed by atoms with Crippen LogP contribution in [0.3, 0.4) is 0 Å². The molecule has 3 aromatic rings. The van der Waals surface area contributed by atoms with Crippen LogP contribution < -0.4 is 0 Å². The average Bonchev–Trinajstić information content (AvgIpc) is 2.93. The number of nitrogens with zero attached hydrogens (tertiary/aromatic N) is 6. The summed E-state index contributed by atoms with van der Waals surface area (Å²) in [4.78, 5) is 26.0. The van der Waals surface area contributed by atoms with E-state index in [-0.39, 0.29) is 11.7 Å². The summed E-state index contributed by atoms with van der Waals surface area (Å²) in [6, 6.07) is 12.8. The van der Waals surface area contributed by atoms with Gasteiger partial charge >= 0.3 is 0 Å². The van der Waals surface area contributed by atoms with E-state index in [1.54, 1.807) is 23.0 Å². The van der Waals surface area contributed by atoms with Crippen LogP contribution in [0.15, 0.2) is 48.8 Å². The van der Waals surface area contributed by atoms with Gasteiger partial charge in [0.25, 0.3) is 11.7 Å². The molecule has 6 rings (SSSR count). The molecule has 2 atom stereocenters. The van der Waals surface area contributed by atoms with Gasteiger partial charge in [0.1, 0.15) is 0 Å². The number of carbonyl (C=O) groups is 1. The van der Waals surface area contributed by atoms with E-state index in [0.29, 0.717) is 17.7 Å². The molecule has 0 unspecified atom stereocenters. The topological polar surface area (TPSA) is 66.6 Å². The largest absolute Gasteiger partial charge is 0.334 e. The van der Waals surface area contributed by atoms with Gasteiger partial charge in [0.2, 0.25) is 5.82 Å². The van der Waals surface area contributed by atoms with Gasteiger partial charge in [-0.3, -0.25) is 9.69 Å². The van der Waals surface area contributed by atoms with Crippen LogP contribution in [-0.2, 0) is 6.54 Å². The molecule has 3 saturated heterocycles. The predicted molar refractivity (Wildman–Crippen MR) is 100 cm³/mol. The highest BCUT2D eigenvalue weighted by Crippen LogP contribution is 2.29. The molecule has 0 N–H and O–H groups in total. The second-order valence-electron chi connectivity index (χ2n) is 7.52. The molecule has 7 nitrogen and oxygen atoms in total. The lowest BCUT2D eigenvalue weighted by atomic mass is 9.94. The Kier molecular flexibility index (Phi) is 4.09. The van der Waals surface area contributed by atoms with Crippen LogP contribution in [0.25, 0.3) is 5.78 Å². The standard InChI is InChI=1S/C20H22N6O/c27-19(18-22-20-21-9-4-10-26(20)23-18)25-13-16-7-8-17(14-25)24(12-16)11-15-5-2-1-3-6-15/h1-6,9-10,16-17H,7-8,11-14H2/t16-,17-/m1/s1. The van der Waals surface area contributed by atoms with E-state index in [0.717, 1.165) is 32.6 Å². The van der Waals surface area contributed by atoms with E-state index in [1.807, 2.05) is 4.90 Å². The van der Waals surface area contributed by atoms with Crippen LogP contribution in [0, 0.1) is 5.92 Å². The van der Waals surface area contributed by atoms with Gasteiger partial charge in [-0.2, -0.15) is 4.98 Å². The van der Waals surface area contributed by atoms with Crippen molar-refractivity contribution >= 4 is 11.7 Å². The van der Waals surface area contributed by atoms with E-state index < -0.39 is 0 Å². The Hall–Kier alpha value is -2.80. The highest BCUT2D eigenvalue weighted by atomic mass is 16.2. The van der Waals surface area contributed by atoms with E-state index >= 15 is 0 Å². The molecular weight excluding hydrogens is 340 g/mol. The number of hydrogen-bond donors (Lipinski definition) is 0. The van der Waals surface area contributed by atoms with E-state index in [4.69, 9.17) is 0 Å². The Morgan fingerprint density at radius 3 is 2.81 bits per heavy atom. The Bertz CT molecular complexity index is 922. The number of fused-ring (bicyclic) bond motifs is 5. The molecule has 0 radical (unpaired) electrons. The van der Waals surface area contributed by atoms with Crippen LogP contribution in [0.2, 0.25) is 0 Å². The van der Waals surface area contributed by atoms with Crippen molar-refractivity contribution in [1.29, 1.82) is 0 Å². The fourth-order valence-corrected chi connectivity index (χ4v) is 4.32. The van der Waals surface area contributed by atoms with Crippen LogP contribution in [0.5, 0.6) is 0 Å². The molecule has 2 aromatic heterocycles. The zero-order valence-corrected chi connectivity index (χ0v) is 15.1. The molecule has 0 aliphatic carbocycles. The van der Waals surface area contributed by atoms with Crippen molar-refractivity contribution in [3.8, 4) is 0 Å². The third-order valence-corrected chi connectivity index (χ3v) is 5.65. The van der Waals surface area contributed by atoms with Gasteiger partial charge in [0.15, 0.2) is 0 Å². The van der Waals surface area contributed by atoms with Crippen LogP contribution in [0.4, 0.5) is 0 Å². The molecule has 3 aliphatic rings. The highest BCUT2D eigenvalue weighted by Gasteiger charge is 2.37. The molecule has 27 heavy (non-hydrogen) atoms. The maximum absolute atomic E-state index is 13.0. The summed E-state index contributed by atoms with van der Waals surface area (Å²) < 4.78 is 1.56. The molecule has 138 valence electrons. The van der Waals surface area contributed by atoms with Crippen molar-refractivity contribution in [1.82, 2.24) is 29.4 Å². The van der Waals surface area contributed by atoms with Gasteiger partial charge in [-0.15, -0.1) is 5.10 Å². The van der Waals surface area contributed by atoms with Gasteiger partial charge < -0.3 is 4.90 Å². The van der Waals surface area contributed by atoms with Gasteiger partial charge in [-0.1, -0.05) is 30.3 Å². The number of carbonyl (C=O) groups excluding carboxylic acids is 1. The van der Waals surface area contributed by atoms with Gasteiger partial charge in [-0.25, -0.2) is 9.50 Å². The highest BCUT2D eigenvalue weighted by molar-refractivity contribution is 5.91. The van der Waals surface area contributed by atoms with E-state index in [1.165, 1.54) is 12.0 Å². The van der Waals surface area contributed by atoms with Crippen LogP contribution in [-0.4, -0.2) is 61.0 Å². The SMILES string of the molecule is O=C(c1nc2ncccn2n1)N1C[C@@H]2CC[C@H](C1)N(Cc1ccccc1)C2. The quantitative estimate of drug-likeness (QED) is 0.711.